The number of carbonyl (C=O) groups is 1. The summed E-state index contributed by atoms with van der Waals surface area (Å²) in [4.78, 5) is 12.3. The molecule has 2 N–H and O–H groups in total. The molecule has 0 saturated carbocycles. The predicted molar refractivity (Wildman–Crippen MR) is 99.9 cm³/mol. The second-order valence-corrected chi connectivity index (χ2v) is 7.96. The average molecular weight is 393 g/mol. The maximum atomic E-state index is 12.2. The molecule has 0 aliphatic rings. The molecule has 0 aliphatic carbocycles. The Balaban J connectivity index is 1.55. The first kappa shape index (κ1) is 18.4. The molecule has 26 heavy (non-hydrogen) atoms. The van der Waals surface area contributed by atoms with Gasteiger partial charge in [-0.3, -0.25) is 4.79 Å². The molecule has 3 rings (SSSR count). The summed E-state index contributed by atoms with van der Waals surface area (Å²) in [6.07, 6.45) is 0. The molecule has 136 valence electrons. The molecule has 0 spiro atoms. The zero-order chi connectivity index (χ0) is 18.7. The third kappa shape index (κ3) is 4.24. The second kappa shape index (κ2) is 7.49. The Labute approximate surface area is 156 Å². The minimum Gasteiger partial charge on any atom is -0.451 e. The lowest BCUT2D eigenvalue weighted by molar-refractivity contribution is 0.0929. The van der Waals surface area contributed by atoms with Crippen molar-refractivity contribution in [1.82, 2.24) is 10.0 Å². The van der Waals surface area contributed by atoms with Gasteiger partial charge in [-0.15, -0.1) is 0 Å². The van der Waals surface area contributed by atoms with Crippen molar-refractivity contribution in [1.29, 1.82) is 0 Å². The van der Waals surface area contributed by atoms with Gasteiger partial charge >= 0.3 is 0 Å². The zero-order valence-corrected chi connectivity index (χ0v) is 15.5. The Bertz CT molecular complexity index is 1040. The number of amides is 1. The number of rotatable bonds is 6. The number of hydrogen-bond acceptors (Lipinski definition) is 4. The van der Waals surface area contributed by atoms with Gasteiger partial charge in [-0.25, -0.2) is 13.1 Å². The molecule has 1 heterocycles. The van der Waals surface area contributed by atoms with Crippen LogP contribution in [0.1, 0.15) is 16.1 Å². The van der Waals surface area contributed by atoms with Crippen molar-refractivity contribution >= 4 is 38.5 Å². The van der Waals surface area contributed by atoms with Crippen LogP contribution < -0.4 is 10.0 Å². The van der Waals surface area contributed by atoms with Crippen LogP contribution in [-0.2, 0) is 10.0 Å². The lowest BCUT2D eigenvalue weighted by Crippen LogP contribution is -2.34. The molecule has 0 aliphatic heterocycles. The van der Waals surface area contributed by atoms with E-state index in [0.29, 0.717) is 10.6 Å². The van der Waals surface area contributed by atoms with Gasteiger partial charge in [-0.1, -0.05) is 29.3 Å². The third-order valence-electron chi connectivity index (χ3n) is 3.74. The van der Waals surface area contributed by atoms with E-state index in [-0.39, 0.29) is 23.7 Å². The smallest absolute Gasteiger partial charge is 0.287 e. The lowest BCUT2D eigenvalue weighted by atomic mass is 10.2. The second-order valence-electron chi connectivity index (χ2n) is 5.76. The number of sulfonamides is 1. The first-order chi connectivity index (χ1) is 12.3. The van der Waals surface area contributed by atoms with Gasteiger partial charge in [0.15, 0.2) is 5.76 Å². The summed E-state index contributed by atoms with van der Waals surface area (Å²) in [5, 5.41) is 3.89. The van der Waals surface area contributed by atoms with Crippen LogP contribution in [-0.4, -0.2) is 27.4 Å². The van der Waals surface area contributed by atoms with E-state index < -0.39 is 15.9 Å². The lowest BCUT2D eigenvalue weighted by Gasteiger charge is -2.07. The number of halogens is 1. The van der Waals surface area contributed by atoms with Gasteiger partial charge in [0.25, 0.3) is 5.91 Å². The summed E-state index contributed by atoms with van der Waals surface area (Å²) in [6, 6.07) is 13.2. The van der Waals surface area contributed by atoms with Crippen molar-refractivity contribution in [2.24, 2.45) is 0 Å². The molecule has 2 aromatic carbocycles. The highest BCUT2D eigenvalue weighted by atomic mass is 35.5. The first-order valence-electron chi connectivity index (χ1n) is 7.89. The van der Waals surface area contributed by atoms with Crippen LogP contribution in [0.4, 0.5) is 0 Å². The quantitative estimate of drug-likeness (QED) is 0.631. The summed E-state index contributed by atoms with van der Waals surface area (Å²) in [5.74, 6) is -0.282. The standard InChI is InChI=1S/C18H17ClN2O4S/c1-12-2-5-15(6-3-12)26(23,24)21-9-8-20-18(22)17-11-13-10-14(19)4-7-16(13)25-17/h2-7,10-11,21H,8-9H2,1H3,(H,20,22). The van der Waals surface area contributed by atoms with Crippen molar-refractivity contribution in [3.8, 4) is 0 Å². The highest BCUT2D eigenvalue weighted by molar-refractivity contribution is 7.89. The van der Waals surface area contributed by atoms with Crippen molar-refractivity contribution in [3.05, 3.63) is 64.9 Å². The van der Waals surface area contributed by atoms with Crippen molar-refractivity contribution in [2.75, 3.05) is 13.1 Å². The third-order valence-corrected chi connectivity index (χ3v) is 5.45. The molecule has 8 heteroatoms. The summed E-state index contributed by atoms with van der Waals surface area (Å²) in [5.41, 5.74) is 1.53. The molecule has 0 bridgehead atoms. The fourth-order valence-corrected chi connectivity index (χ4v) is 3.59. The molecule has 0 fully saturated rings. The van der Waals surface area contributed by atoms with Crippen LogP contribution in [0.5, 0.6) is 0 Å². The van der Waals surface area contributed by atoms with E-state index in [4.69, 9.17) is 16.0 Å². The van der Waals surface area contributed by atoms with Crippen molar-refractivity contribution in [3.63, 3.8) is 0 Å². The van der Waals surface area contributed by atoms with Gasteiger partial charge < -0.3 is 9.73 Å². The maximum absolute atomic E-state index is 12.2. The van der Waals surface area contributed by atoms with E-state index in [1.165, 1.54) is 12.1 Å². The molecule has 1 amide bonds. The van der Waals surface area contributed by atoms with Gasteiger partial charge in [-0.05, 0) is 43.3 Å². The Morgan fingerprint density at radius 2 is 1.81 bits per heavy atom. The zero-order valence-electron chi connectivity index (χ0n) is 14.0. The molecular formula is C18H17ClN2O4S. The van der Waals surface area contributed by atoms with E-state index in [9.17, 15) is 13.2 Å². The molecule has 6 nitrogen and oxygen atoms in total. The van der Waals surface area contributed by atoms with Gasteiger partial charge in [0, 0.05) is 23.5 Å². The Kier molecular flexibility index (Phi) is 5.31. The number of aryl methyl sites for hydroxylation is 1. The summed E-state index contributed by atoms with van der Waals surface area (Å²) >= 11 is 5.90. The van der Waals surface area contributed by atoms with E-state index in [2.05, 4.69) is 10.0 Å². The Hall–Kier alpha value is -2.35. The Morgan fingerprint density at radius 1 is 1.08 bits per heavy atom. The van der Waals surface area contributed by atoms with Crippen LogP contribution in [0.3, 0.4) is 0 Å². The number of benzene rings is 2. The van der Waals surface area contributed by atoms with Crippen molar-refractivity contribution < 1.29 is 17.6 Å². The van der Waals surface area contributed by atoms with Crippen LogP contribution >= 0.6 is 11.6 Å². The molecule has 0 saturated heterocycles. The minimum atomic E-state index is -3.60. The topological polar surface area (TPSA) is 88.4 Å². The number of nitrogens with one attached hydrogen (secondary N) is 2. The predicted octanol–water partition coefficient (Wildman–Crippen LogP) is 3.10. The van der Waals surface area contributed by atoms with E-state index in [1.807, 2.05) is 6.92 Å². The molecule has 0 unspecified atom stereocenters. The summed E-state index contributed by atoms with van der Waals surface area (Å²) in [7, 11) is -3.60. The molecule has 1 aromatic heterocycles. The number of carbonyl (C=O) groups excluding carboxylic acids is 1. The van der Waals surface area contributed by atoms with Crippen molar-refractivity contribution in [2.45, 2.75) is 11.8 Å². The van der Waals surface area contributed by atoms with E-state index >= 15 is 0 Å². The van der Waals surface area contributed by atoms with Crippen LogP contribution in [0, 0.1) is 6.92 Å². The number of furan rings is 1. The largest absolute Gasteiger partial charge is 0.451 e. The highest BCUT2D eigenvalue weighted by Gasteiger charge is 2.15. The highest BCUT2D eigenvalue weighted by Crippen LogP contribution is 2.22. The Morgan fingerprint density at radius 3 is 2.54 bits per heavy atom. The maximum Gasteiger partial charge on any atom is 0.287 e. The number of hydrogen-bond donors (Lipinski definition) is 2. The molecule has 0 radical (unpaired) electrons. The van der Waals surface area contributed by atoms with E-state index in [1.54, 1.807) is 36.4 Å². The van der Waals surface area contributed by atoms with Crippen LogP contribution in [0.25, 0.3) is 11.0 Å². The van der Waals surface area contributed by atoms with Gasteiger partial charge in [0.2, 0.25) is 10.0 Å². The van der Waals surface area contributed by atoms with E-state index in [0.717, 1.165) is 10.9 Å². The normalized spacial score (nSPS) is 11.6. The number of fused-ring (bicyclic) bond motifs is 1. The SMILES string of the molecule is Cc1ccc(S(=O)(=O)NCCNC(=O)c2cc3cc(Cl)ccc3o2)cc1. The van der Waals surface area contributed by atoms with Gasteiger partial charge in [0.1, 0.15) is 5.58 Å². The average Bonchev–Trinajstić information content (AvgIpc) is 3.02. The molecular weight excluding hydrogens is 376 g/mol. The van der Waals surface area contributed by atoms with Crippen LogP contribution in [0.2, 0.25) is 5.02 Å². The molecule has 0 atom stereocenters. The van der Waals surface area contributed by atoms with Gasteiger partial charge in [-0.2, -0.15) is 0 Å². The van der Waals surface area contributed by atoms with Crippen LogP contribution in [0.15, 0.2) is 57.8 Å². The molecule has 3 aromatic rings. The van der Waals surface area contributed by atoms with Gasteiger partial charge in [0.05, 0.1) is 4.90 Å². The summed E-state index contributed by atoms with van der Waals surface area (Å²) < 4.78 is 32.2. The minimum absolute atomic E-state index is 0.0635. The fourth-order valence-electron chi connectivity index (χ4n) is 2.38. The fraction of sp³-hybridized carbons (Fsp3) is 0.167. The monoisotopic (exact) mass is 392 g/mol. The first-order valence-corrected chi connectivity index (χ1v) is 9.75. The summed E-state index contributed by atoms with van der Waals surface area (Å²) in [6.45, 7) is 2.07.